The van der Waals surface area contributed by atoms with Gasteiger partial charge in [0.25, 0.3) is 0 Å². The molecule has 5 rings (SSSR count). The molecule has 1 aromatic carbocycles. The van der Waals surface area contributed by atoms with Crippen LogP contribution in [0.3, 0.4) is 0 Å². The van der Waals surface area contributed by atoms with E-state index in [1.807, 2.05) is 30.3 Å². The summed E-state index contributed by atoms with van der Waals surface area (Å²) in [4.78, 5) is 25.9. The highest BCUT2D eigenvalue weighted by molar-refractivity contribution is 5.64. The highest BCUT2D eigenvalue weighted by Gasteiger charge is 2.20. The zero-order chi connectivity index (χ0) is 21.4. The van der Waals surface area contributed by atoms with Crippen molar-refractivity contribution in [3.05, 3.63) is 76.1 Å². The number of imidazole rings is 1. The lowest BCUT2D eigenvalue weighted by Crippen LogP contribution is -2.19. The second-order valence-corrected chi connectivity index (χ2v) is 7.31. The molecule has 1 aliphatic rings. The summed E-state index contributed by atoms with van der Waals surface area (Å²) in [6.07, 6.45) is 7.06. The predicted octanol–water partition coefficient (Wildman–Crippen LogP) is 1.29. The molecule has 0 spiro atoms. The van der Waals surface area contributed by atoms with Gasteiger partial charge in [0.05, 0.1) is 17.9 Å². The van der Waals surface area contributed by atoms with E-state index in [9.17, 15) is 9.90 Å². The monoisotopic (exact) mass is 416 g/mol. The molecule has 1 aliphatic carbocycles. The number of hydrogen-bond acceptors (Lipinski definition) is 6. The Morgan fingerprint density at radius 3 is 2.94 bits per heavy atom. The summed E-state index contributed by atoms with van der Waals surface area (Å²) >= 11 is 0. The van der Waals surface area contributed by atoms with Gasteiger partial charge in [-0.2, -0.15) is 9.61 Å². The third kappa shape index (κ3) is 3.85. The first-order valence-electron chi connectivity index (χ1n) is 9.90. The number of nitrogens with zero attached hydrogens (tertiary/aromatic N) is 4. The van der Waals surface area contributed by atoms with Crippen LogP contribution in [0.2, 0.25) is 0 Å². The zero-order valence-electron chi connectivity index (χ0n) is 16.6. The van der Waals surface area contributed by atoms with Gasteiger partial charge in [-0.15, -0.1) is 0 Å². The van der Waals surface area contributed by atoms with Crippen LogP contribution < -0.4 is 21.1 Å². The van der Waals surface area contributed by atoms with Crippen LogP contribution in [0.1, 0.15) is 18.5 Å². The Hall–Kier alpha value is -4.14. The van der Waals surface area contributed by atoms with Gasteiger partial charge in [-0.1, -0.05) is 24.8 Å². The molecule has 9 heteroatoms. The first-order valence-corrected chi connectivity index (χ1v) is 9.90. The Morgan fingerprint density at radius 1 is 1.32 bits per heavy atom. The number of hydrogen-bond donors (Lipinski definition) is 3. The van der Waals surface area contributed by atoms with Gasteiger partial charge in [-0.3, -0.25) is 9.98 Å². The molecule has 31 heavy (non-hydrogen) atoms. The summed E-state index contributed by atoms with van der Waals surface area (Å²) in [6.45, 7) is 4.09. The first kappa shape index (κ1) is 18.9. The summed E-state index contributed by atoms with van der Waals surface area (Å²) in [5, 5.41) is 15.0. The minimum Gasteiger partial charge on any atom is -0.493 e. The molecule has 0 aliphatic heterocycles. The Kier molecular flexibility index (Phi) is 4.62. The van der Waals surface area contributed by atoms with Gasteiger partial charge in [0.1, 0.15) is 18.1 Å². The van der Waals surface area contributed by atoms with E-state index < -0.39 is 5.69 Å². The molecule has 0 saturated heterocycles. The summed E-state index contributed by atoms with van der Waals surface area (Å²) in [5.41, 5.74) is 2.63. The molecule has 1 fully saturated rings. The van der Waals surface area contributed by atoms with Gasteiger partial charge in [0.15, 0.2) is 11.1 Å². The lowest BCUT2D eigenvalue weighted by molar-refractivity contribution is 0.363. The molecule has 0 unspecified atom stereocenters. The molecule has 1 saturated carbocycles. The molecule has 3 N–H and O–H groups in total. The number of fused-ring (bicyclic) bond motifs is 1. The molecule has 0 amide bonds. The third-order valence-electron chi connectivity index (χ3n) is 4.87. The molecule has 9 nitrogen and oxygen atoms in total. The largest absolute Gasteiger partial charge is 0.493 e. The molecule has 156 valence electrons. The first-order chi connectivity index (χ1) is 15.1. The number of aromatic nitrogens is 5. The predicted molar refractivity (Wildman–Crippen MR) is 115 cm³/mol. The van der Waals surface area contributed by atoms with E-state index in [1.165, 1.54) is 0 Å². The second-order valence-electron chi connectivity index (χ2n) is 7.31. The number of aromatic amines is 2. The molecule has 0 atom stereocenters. The Bertz CT molecular complexity index is 1460. The summed E-state index contributed by atoms with van der Waals surface area (Å²) in [5.74, 6) is 0.477. The van der Waals surface area contributed by atoms with Gasteiger partial charge in [-0.05, 0) is 31.1 Å². The summed E-state index contributed by atoms with van der Waals surface area (Å²) in [6, 6.07) is 9.86. The van der Waals surface area contributed by atoms with Crippen molar-refractivity contribution in [2.75, 3.05) is 6.61 Å². The van der Waals surface area contributed by atoms with Crippen molar-refractivity contribution in [2.45, 2.75) is 18.9 Å². The van der Waals surface area contributed by atoms with Crippen molar-refractivity contribution in [3.63, 3.8) is 0 Å². The van der Waals surface area contributed by atoms with Crippen molar-refractivity contribution >= 4 is 11.7 Å². The Morgan fingerprint density at radius 2 is 2.19 bits per heavy atom. The lowest BCUT2D eigenvalue weighted by atomic mass is 10.1. The van der Waals surface area contributed by atoms with Gasteiger partial charge >= 0.3 is 5.69 Å². The van der Waals surface area contributed by atoms with Crippen molar-refractivity contribution in [1.29, 1.82) is 0 Å². The maximum Gasteiger partial charge on any atom is 0.326 e. The fourth-order valence-corrected chi connectivity index (χ4v) is 3.24. The number of nitrogens with one attached hydrogen (secondary N) is 2. The van der Waals surface area contributed by atoms with Crippen LogP contribution in [0.15, 0.2) is 59.0 Å². The van der Waals surface area contributed by atoms with E-state index in [4.69, 9.17) is 14.7 Å². The van der Waals surface area contributed by atoms with Crippen LogP contribution in [0.5, 0.6) is 11.6 Å². The SMILES string of the molecule is C=CCOc1cccc(-c2cc(=NC3CC3)n3ncc(=Cc4[nH]c(=O)[nH]c4O)c3n2)c1. The van der Waals surface area contributed by atoms with E-state index >= 15 is 0 Å². The van der Waals surface area contributed by atoms with Crippen LogP contribution >= 0.6 is 0 Å². The zero-order valence-corrected chi connectivity index (χ0v) is 16.6. The highest BCUT2D eigenvalue weighted by atomic mass is 16.5. The minimum absolute atomic E-state index is 0.240. The van der Waals surface area contributed by atoms with Crippen molar-refractivity contribution in [1.82, 2.24) is 24.6 Å². The fraction of sp³-hybridized carbons (Fsp3) is 0.182. The molecule has 4 aromatic rings. The van der Waals surface area contributed by atoms with Gasteiger partial charge in [0, 0.05) is 16.8 Å². The van der Waals surface area contributed by atoms with Crippen molar-refractivity contribution in [3.8, 4) is 22.9 Å². The average Bonchev–Trinajstić information content (AvgIpc) is 3.40. The van der Waals surface area contributed by atoms with Crippen molar-refractivity contribution in [2.24, 2.45) is 4.99 Å². The number of ether oxygens (including phenoxy) is 1. The fourth-order valence-electron chi connectivity index (χ4n) is 3.24. The van der Waals surface area contributed by atoms with E-state index in [-0.39, 0.29) is 11.6 Å². The Balaban J connectivity index is 1.70. The van der Waals surface area contributed by atoms with E-state index in [1.54, 1.807) is 22.9 Å². The van der Waals surface area contributed by atoms with Crippen LogP contribution in [0.4, 0.5) is 0 Å². The molecule has 0 bridgehead atoms. The van der Waals surface area contributed by atoms with E-state index in [0.717, 1.165) is 29.8 Å². The van der Waals surface area contributed by atoms with Crippen LogP contribution in [0, 0.1) is 0 Å². The third-order valence-corrected chi connectivity index (χ3v) is 4.87. The maximum atomic E-state index is 11.5. The molecular formula is C22H20N6O3. The van der Waals surface area contributed by atoms with Gasteiger partial charge in [0.2, 0.25) is 5.88 Å². The van der Waals surface area contributed by atoms with E-state index in [0.29, 0.717) is 29.0 Å². The minimum atomic E-state index is -0.491. The standard InChI is InChI=1S/C22H20N6O3/c1-2-8-31-16-5-3-4-13(9-16)17-11-19(24-15-6-7-15)28-20(25-17)14(12-23-28)10-18-21(29)27-22(30)26-18/h2-5,9-12,15,29H,1,6-8H2,(H2,26,27,30). The lowest BCUT2D eigenvalue weighted by Gasteiger charge is -2.07. The van der Waals surface area contributed by atoms with Gasteiger partial charge in [-0.25, -0.2) is 9.78 Å². The number of rotatable bonds is 6. The van der Waals surface area contributed by atoms with Crippen LogP contribution in [-0.4, -0.2) is 42.3 Å². The topological polar surface area (TPSA) is 121 Å². The molecule has 0 radical (unpaired) electrons. The highest BCUT2D eigenvalue weighted by Crippen LogP contribution is 2.24. The smallest absolute Gasteiger partial charge is 0.326 e. The molecule has 3 aromatic heterocycles. The number of H-pyrrole nitrogens is 2. The van der Waals surface area contributed by atoms with E-state index in [2.05, 4.69) is 21.6 Å². The normalized spacial score (nSPS) is 15.0. The van der Waals surface area contributed by atoms with Crippen LogP contribution in [-0.2, 0) is 0 Å². The van der Waals surface area contributed by atoms with Crippen molar-refractivity contribution < 1.29 is 9.84 Å². The summed E-state index contributed by atoms with van der Waals surface area (Å²) < 4.78 is 7.33. The maximum absolute atomic E-state index is 11.5. The average molecular weight is 416 g/mol. The molecular weight excluding hydrogens is 396 g/mol. The second kappa shape index (κ2) is 7.60. The number of benzene rings is 1. The van der Waals surface area contributed by atoms with Crippen LogP contribution in [0.25, 0.3) is 23.0 Å². The molecule has 3 heterocycles. The Labute approximate surface area is 176 Å². The summed E-state index contributed by atoms with van der Waals surface area (Å²) in [7, 11) is 0. The number of aromatic hydroxyl groups is 1. The van der Waals surface area contributed by atoms with Gasteiger partial charge < -0.3 is 14.8 Å². The quantitative estimate of drug-likeness (QED) is 0.409.